The molecule has 0 bridgehead atoms. The largest absolute Gasteiger partial charge is 0.303 e. The summed E-state index contributed by atoms with van der Waals surface area (Å²) in [5.74, 6) is 0. The highest BCUT2D eigenvalue weighted by Crippen LogP contribution is 1.66. The van der Waals surface area contributed by atoms with Crippen LogP contribution in [0.4, 0.5) is 0 Å². The molecule has 0 unspecified atom stereocenters. The molecule has 7 heavy (non-hydrogen) atoms. The molecule has 0 aromatic carbocycles. The first-order valence-corrected chi connectivity index (χ1v) is 1.92. The summed E-state index contributed by atoms with van der Waals surface area (Å²) in [6.45, 7) is 0. The summed E-state index contributed by atoms with van der Waals surface area (Å²) in [6.07, 6.45) is 1.83. The zero-order valence-corrected chi connectivity index (χ0v) is 4.46. The van der Waals surface area contributed by atoms with E-state index in [0.29, 0.717) is 6.29 Å². The quantitative estimate of drug-likeness (QED) is 0.272. The van der Waals surface area contributed by atoms with E-state index in [9.17, 15) is 4.79 Å². The maximum absolute atomic E-state index is 9.53. The number of nitrogens with zero attached hydrogens (tertiary/aromatic N) is 2. The van der Waals surface area contributed by atoms with Gasteiger partial charge < -0.3 is 5.01 Å². The number of hydrogen-bond acceptors (Lipinski definition) is 3. The summed E-state index contributed by atoms with van der Waals surface area (Å²) in [5.41, 5.74) is 0. The molecule has 0 fully saturated rings. The molecule has 40 valence electrons. The van der Waals surface area contributed by atoms with Gasteiger partial charge in [0.2, 0.25) is 0 Å². The van der Waals surface area contributed by atoms with Crippen LogP contribution in [0, 0.1) is 0 Å². The molecule has 0 saturated carbocycles. The first kappa shape index (κ1) is 6.14. The van der Waals surface area contributed by atoms with Crippen molar-refractivity contribution in [3.8, 4) is 0 Å². The molecular formula is C4H8N2O. The Morgan fingerprint density at radius 1 is 1.57 bits per heavy atom. The Balaban J connectivity index is 3.25. The fourth-order valence-corrected chi connectivity index (χ4v) is 0.161. The smallest absolute Gasteiger partial charge is 0.162 e. The van der Waals surface area contributed by atoms with Crippen molar-refractivity contribution in [2.45, 2.75) is 0 Å². The summed E-state index contributed by atoms with van der Waals surface area (Å²) >= 11 is 0. The SMILES string of the molecule is CN(C)/N=C\C=O. The van der Waals surface area contributed by atoms with Gasteiger partial charge in [-0.05, 0) is 0 Å². The van der Waals surface area contributed by atoms with E-state index in [1.807, 2.05) is 0 Å². The second kappa shape index (κ2) is 3.33. The van der Waals surface area contributed by atoms with Crippen LogP contribution in [0.5, 0.6) is 0 Å². The number of hydrogen-bond donors (Lipinski definition) is 0. The highest BCUT2D eigenvalue weighted by atomic mass is 16.1. The summed E-state index contributed by atoms with van der Waals surface area (Å²) in [4.78, 5) is 9.53. The third kappa shape index (κ3) is 5.14. The second-order valence-corrected chi connectivity index (χ2v) is 1.25. The molecule has 0 amide bonds. The molecule has 0 N–H and O–H groups in total. The molecule has 3 nitrogen and oxygen atoms in total. The van der Waals surface area contributed by atoms with Gasteiger partial charge in [-0.15, -0.1) is 0 Å². The van der Waals surface area contributed by atoms with Gasteiger partial charge in [0.1, 0.15) is 0 Å². The minimum Gasteiger partial charge on any atom is -0.303 e. The normalized spacial score (nSPS) is 9.43. The second-order valence-electron chi connectivity index (χ2n) is 1.25. The number of carbonyl (C=O) groups excluding carboxylic acids is 1. The van der Waals surface area contributed by atoms with Crippen LogP contribution in [-0.2, 0) is 4.79 Å². The number of aldehydes is 1. The number of rotatable bonds is 2. The highest BCUT2D eigenvalue weighted by Gasteiger charge is 1.69. The monoisotopic (exact) mass is 100 g/mol. The maximum Gasteiger partial charge on any atom is 0.162 e. The first-order valence-electron chi connectivity index (χ1n) is 1.92. The van der Waals surface area contributed by atoms with Crippen molar-refractivity contribution in [3.05, 3.63) is 0 Å². The van der Waals surface area contributed by atoms with Crippen molar-refractivity contribution in [2.75, 3.05) is 14.1 Å². The summed E-state index contributed by atoms with van der Waals surface area (Å²) in [6, 6.07) is 0. The Bertz CT molecular complexity index is 77.8. The molecule has 0 heterocycles. The van der Waals surface area contributed by atoms with Crippen molar-refractivity contribution in [1.29, 1.82) is 0 Å². The minimum absolute atomic E-state index is 0.639. The van der Waals surface area contributed by atoms with Crippen LogP contribution >= 0.6 is 0 Å². The molecule has 3 heteroatoms. The average molecular weight is 100 g/mol. The Labute approximate surface area is 42.6 Å². The lowest BCUT2D eigenvalue weighted by molar-refractivity contribution is -0.102. The van der Waals surface area contributed by atoms with Crippen LogP contribution in [0.1, 0.15) is 0 Å². The fourth-order valence-electron chi connectivity index (χ4n) is 0.161. The van der Waals surface area contributed by atoms with E-state index in [1.165, 1.54) is 6.21 Å². The molecule has 0 aromatic rings. The molecule has 0 aliphatic heterocycles. The fraction of sp³-hybridized carbons (Fsp3) is 0.500. The van der Waals surface area contributed by atoms with E-state index in [4.69, 9.17) is 0 Å². The van der Waals surface area contributed by atoms with Crippen LogP contribution in [0.2, 0.25) is 0 Å². The molecule has 0 spiro atoms. The Morgan fingerprint density at radius 2 is 2.14 bits per heavy atom. The third-order valence-corrected chi connectivity index (χ3v) is 0.358. The van der Waals surface area contributed by atoms with Gasteiger partial charge in [-0.3, -0.25) is 4.79 Å². The lowest BCUT2D eigenvalue weighted by Gasteiger charge is -1.98. The van der Waals surface area contributed by atoms with Crippen LogP contribution in [0.3, 0.4) is 0 Å². The van der Waals surface area contributed by atoms with Gasteiger partial charge in [-0.2, -0.15) is 5.10 Å². The van der Waals surface area contributed by atoms with Crippen molar-refractivity contribution < 1.29 is 4.79 Å². The summed E-state index contributed by atoms with van der Waals surface area (Å²) in [7, 11) is 3.50. The molecule has 0 aromatic heterocycles. The third-order valence-electron chi connectivity index (χ3n) is 0.358. The van der Waals surface area contributed by atoms with Crippen molar-refractivity contribution in [2.24, 2.45) is 5.10 Å². The summed E-state index contributed by atoms with van der Waals surface area (Å²) < 4.78 is 0. The zero-order chi connectivity index (χ0) is 5.70. The standard InChI is InChI=1S/C4H8N2O/c1-6(2)5-3-4-7/h3-4H,1-2H3/b5-3-. The molecule has 0 aliphatic rings. The highest BCUT2D eigenvalue weighted by molar-refractivity contribution is 6.12. The van der Waals surface area contributed by atoms with E-state index >= 15 is 0 Å². The van der Waals surface area contributed by atoms with Crippen molar-refractivity contribution >= 4 is 12.5 Å². The summed E-state index contributed by atoms with van der Waals surface area (Å²) in [5, 5.41) is 5.13. The van der Waals surface area contributed by atoms with Crippen molar-refractivity contribution in [1.82, 2.24) is 5.01 Å². The molecule has 0 rings (SSSR count). The molecule has 0 aliphatic carbocycles. The lowest BCUT2D eigenvalue weighted by Crippen LogP contribution is -2.01. The predicted molar refractivity (Wildman–Crippen MR) is 28.2 cm³/mol. The molecule has 0 radical (unpaired) electrons. The van der Waals surface area contributed by atoms with E-state index in [2.05, 4.69) is 5.10 Å². The van der Waals surface area contributed by atoms with Crippen LogP contribution in [0.25, 0.3) is 0 Å². The van der Waals surface area contributed by atoms with Crippen LogP contribution in [0.15, 0.2) is 5.10 Å². The first-order chi connectivity index (χ1) is 3.27. The zero-order valence-electron chi connectivity index (χ0n) is 4.46. The van der Waals surface area contributed by atoms with Crippen LogP contribution in [-0.4, -0.2) is 31.6 Å². The van der Waals surface area contributed by atoms with Crippen molar-refractivity contribution in [3.63, 3.8) is 0 Å². The van der Waals surface area contributed by atoms with Gasteiger partial charge in [-0.25, -0.2) is 0 Å². The van der Waals surface area contributed by atoms with E-state index in [-0.39, 0.29) is 0 Å². The van der Waals surface area contributed by atoms with E-state index < -0.39 is 0 Å². The minimum atomic E-state index is 0.639. The molecule has 0 saturated heterocycles. The van der Waals surface area contributed by atoms with Crippen LogP contribution < -0.4 is 0 Å². The Kier molecular flexibility index (Phi) is 2.92. The van der Waals surface area contributed by atoms with Gasteiger partial charge in [0.05, 0.1) is 6.21 Å². The van der Waals surface area contributed by atoms with E-state index in [1.54, 1.807) is 19.1 Å². The predicted octanol–water partition coefficient (Wildman–Crippen LogP) is -0.267. The maximum atomic E-state index is 9.53. The average Bonchev–Trinajstić information content (AvgIpc) is 1.61. The van der Waals surface area contributed by atoms with Gasteiger partial charge >= 0.3 is 0 Å². The van der Waals surface area contributed by atoms with Gasteiger partial charge in [0, 0.05) is 14.1 Å². The molecule has 0 atom stereocenters. The lowest BCUT2D eigenvalue weighted by atomic mass is 10.9. The number of hydrazone groups is 1. The molecular weight excluding hydrogens is 92.1 g/mol. The van der Waals surface area contributed by atoms with Gasteiger partial charge in [-0.1, -0.05) is 0 Å². The Morgan fingerprint density at radius 3 is 2.29 bits per heavy atom. The van der Waals surface area contributed by atoms with Gasteiger partial charge in [0.15, 0.2) is 6.29 Å². The van der Waals surface area contributed by atoms with E-state index in [0.717, 1.165) is 0 Å². The van der Waals surface area contributed by atoms with Gasteiger partial charge in [0.25, 0.3) is 0 Å². The Hall–Kier alpha value is -0.860. The number of carbonyl (C=O) groups is 1. The topological polar surface area (TPSA) is 32.7 Å².